The molecule has 18 heavy (non-hydrogen) atoms. The van der Waals surface area contributed by atoms with Gasteiger partial charge in [-0.3, -0.25) is 10.9 Å². The molecule has 0 aliphatic rings. The maximum atomic E-state index is 6.01. The van der Waals surface area contributed by atoms with Gasteiger partial charge >= 0.3 is 0 Å². The van der Waals surface area contributed by atoms with Gasteiger partial charge in [0.15, 0.2) is 0 Å². The van der Waals surface area contributed by atoms with Crippen molar-refractivity contribution < 1.29 is 0 Å². The summed E-state index contributed by atoms with van der Waals surface area (Å²) in [6.45, 7) is 0. The van der Waals surface area contributed by atoms with Crippen LogP contribution >= 0.6 is 55.1 Å². The van der Waals surface area contributed by atoms with Crippen molar-refractivity contribution in [2.75, 3.05) is 10.9 Å². The second-order valence-corrected chi connectivity index (χ2v) is 5.97. The van der Waals surface area contributed by atoms with Crippen LogP contribution in [0.15, 0.2) is 45.3 Å². The Bertz CT molecular complexity index is 574. The third-order valence-corrected chi connectivity index (χ3v) is 4.54. The lowest BCUT2D eigenvalue weighted by Gasteiger charge is -2.13. The molecule has 2 aromatic carbocycles. The van der Waals surface area contributed by atoms with Gasteiger partial charge in [0, 0.05) is 9.50 Å². The van der Waals surface area contributed by atoms with Crippen LogP contribution in [-0.4, -0.2) is 0 Å². The summed E-state index contributed by atoms with van der Waals surface area (Å²) in [7, 11) is 0. The molecule has 0 saturated heterocycles. The number of hydrogen-bond donors (Lipinski definition) is 2. The summed E-state index contributed by atoms with van der Waals surface area (Å²) in [5.74, 6) is 0. The van der Waals surface area contributed by atoms with E-state index in [1.165, 1.54) is 0 Å². The molecule has 0 heterocycles. The SMILES string of the molecule is Clc1ccc(Br)c(NNc2cccc(Cl)c2Br)c1. The van der Waals surface area contributed by atoms with Crippen molar-refractivity contribution in [3.8, 4) is 0 Å². The van der Waals surface area contributed by atoms with Crippen molar-refractivity contribution in [3.63, 3.8) is 0 Å². The molecular formula is C12H8Br2Cl2N2. The van der Waals surface area contributed by atoms with Crippen LogP contribution in [-0.2, 0) is 0 Å². The lowest BCUT2D eigenvalue weighted by molar-refractivity contribution is 1.39. The van der Waals surface area contributed by atoms with Gasteiger partial charge < -0.3 is 0 Å². The van der Waals surface area contributed by atoms with Crippen molar-refractivity contribution in [2.24, 2.45) is 0 Å². The number of anilines is 2. The van der Waals surface area contributed by atoms with Gasteiger partial charge in [-0.15, -0.1) is 0 Å². The van der Waals surface area contributed by atoms with Crippen LogP contribution in [0.3, 0.4) is 0 Å². The molecule has 0 aliphatic heterocycles. The lowest BCUT2D eigenvalue weighted by atomic mass is 10.3. The highest BCUT2D eigenvalue weighted by Gasteiger charge is 2.04. The Morgan fingerprint density at radius 3 is 2.39 bits per heavy atom. The molecule has 6 heteroatoms. The Morgan fingerprint density at radius 1 is 0.889 bits per heavy atom. The van der Waals surface area contributed by atoms with Crippen molar-refractivity contribution >= 4 is 66.4 Å². The molecule has 0 saturated carbocycles. The molecule has 0 amide bonds. The number of halogens is 4. The minimum atomic E-state index is 0.645. The third kappa shape index (κ3) is 3.32. The first kappa shape index (κ1) is 14.0. The van der Waals surface area contributed by atoms with E-state index in [9.17, 15) is 0 Å². The predicted octanol–water partition coefficient (Wildman–Crippen LogP) is 5.96. The molecule has 0 atom stereocenters. The molecule has 0 aromatic heterocycles. The molecule has 0 radical (unpaired) electrons. The Labute approximate surface area is 132 Å². The Hall–Kier alpha value is -0.420. The van der Waals surface area contributed by atoms with Crippen LogP contribution in [0.5, 0.6) is 0 Å². The van der Waals surface area contributed by atoms with Gasteiger partial charge in [-0.25, -0.2) is 0 Å². The molecule has 0 aliphatic carbocycles. The summed E-state index contributed by atoms with van der Waals surface area (Å²) in [6.07, 6.45) is 0. The molecule has 2 aromatic rings. The molecule has 2 rings (SSSR count). The quantitative estimate of drug-likeness (QED) is 0.610. The fourth-order valence-electron chi connectivity index (χ4n) is 1.33. The van der Waals surface area contributed by atoms with E-state index in [0.717, 1.165) is 20.3 Å². The van der Waals surface area contributed by atoms with E-state index in [2.05, 4.69) is 42.7 Å². The van der Waals surface area contributed by atoms with Crippen LogP contribution in [0.2, 0.25) is 10.0 Å². The highest BCUT2D eigenvalue weighted by Crippen LogP contribution is 2.31. The minimum absolute atomic E-state index is 0.645. The van der Waals surface area contributed by atoms with Crippen molar-refractivity contribution in [2.45, 2.75) is 0 Å². The molecule has 0 unspecified atom stereocenters. The van der Waals surface area contributed by atoms with Crippen LogP contribution in [0.1, 0.15) is 0 Å². The van der Waals surface area contributed by atoms with Gasteiger partial charge in [0.2, 0.25) is 0 Å². The fourth-order valence-corrected chi connectivity index (χ4v) is 2.38. The topological polar surface area (TPSA) is 24.1 Å². The predicted molar refractivity (Wildman–Crippen MR) is 85.5 cm³/mol. The zero-order valence-corrected chi connectivity index (χ0v) is 13.7. The maximum absolute atomic E-state index is 6.01. The molecule has 2 N–H and O–H groups in total. The zero-order valence-electron chi connectivity index (χ0n) is 8.98. The van der Waals surface area contributed by atoms with Crippen LogP contribution in [0.25, 0.3) is 0 Å². The van der Waals surface area contributed by atoms with Crippen LogP contribution < -0.4 is 10.9 Å². The number of benzene rings is 2. The zero-order chi connectivity index (χ0) is 13.1. The van der Waals surface area contributed by atoms with Gasteiger partial charge in [-0.2, -0.15) is 0 Å². The second-order valence-electron chi connectivity index (χ2n) is 3.48. The summed E-state index contributed by atoms with van der Waals surface area (Å²) in [4.78, 5) is 0. The van der Waals surface area contributed by atoms with Gasteiger partial charge in [0.25, 0.3) is 0 Å². The Kier molecular flexibility index (Phi) is 4.78. The number of hydrazine groups is 1. The third-order valence-electron chi connectivity index (χ3n) is 2.21. The fraction of sp³-hybridized carbons (Fsp3) is 0. The lowest BCUT2D eigenvalue weighted by Crippen LogP contribution is -2.09. The molecule has 0 fully saturated rings. The highest BCUT2D eigenvalue weighted by atomic mass is 79.9. The van der Waals surface area contributed by atoms with E-state index < -0.39 is 0 Å². The van der Waals surface area contributed by atoms with Crippen LogP contribution in [0, 0.1) is 0 Å². The first-order chi connectivity index (χ1) is 8.58. The summed E-state index contributed by atoms with van der Waals surface area (Å²) < 4.78 is 1.72. The number of nitrogens with one attached hydrogen (secondary N) is 2. The van der Waals surface area contributed by atoms with E-state index in [1.54, 1.807) is 0 Å². The van der Waals surface area contributed by atoms with E-state index in [0.29, 0.717) is 10.0 Å². The van der Waals surface area contributed by atoms with E-state index in [4.69, 9.17) is 23.2 Å². The average molecular weight is 411 g/mol. The smallest absolute Gasteiger partial charge is 0.0697 e. The van der Waals surface area contributed by atoms with E-state index in [-0.39, 0.29) is 0 Å². The molecule has 0 spiro atoms. The first-order valence-corrected chi connectivity index (χ1v) is 7.33. The Balaban J connectivity index is 2.16. The highest BCUT2D eigenvalue weighted by molar-refractivity contribution is 9.11. The standard InChI is InChI=1S/C12H8Br2Cl2N2/c13-8-5-4-7(15)6-11(8)18-17-10-3-1-2-9(16)12(10)14/h1-6,17-18H. The summed E-state index contributed by atoms with van der Waals surface area (Å²) in [5, 5.41) is 1.31. The summed E-state index contributed by atoms with van der Waals surface area (Å²) in [6, 6.07) is 11.1. The van der Waals surface area contributed by atoms with Gasteiger partial charge in [0.05, 0.1) is 20.9 Å². The van der Waals surface area contributed by atoms with Crippen LogP contribution in [0.4, 0.5) is 11.4 Å². The largest absolute Gasteiger partial charge is 0.300 e. The Morgan fingerprint density at radius 2 is 1.61 bits per heavy atom. The van der Waals surface area contributed by atoms with Gasteiger partial charge in [-0.05, 0) is 62.2 Å². The molecule has 2 nitrogen and oxygen atoms in total. The first-order valence-electron chi connectivity index (χ1n) is 4.99. The van der Waals surface area contributed by atoms with Gasteiger partial charge in [-0.1, -0.05) is 29.3 Å². The van der Waals surface area contributed by atoms with Crippen molar-refractivity contribution in [1.82, 2.24) is 0 Å². The van der Waals surface area contributed by atoms with Crippen molar-refractivity contribution in [3.05, 3.63) is 55.4 Å². The summed E-state index contributed by atoms with van der Waals surface area (Å²) >= 11 is 18.8. The molecule has 94 valence electrons. The second kappa shape index (κ2) is 6.15. The molecule has 0 bridgehead atoms. The monoisotopic (exact) mass is 408 g/mol. The van der Waals surface area contributed by atoms with Gasteiger partial charge in [0.1, 0.15) is 0 Å². The summed E-state index contributed by atoms with van der Waals surface area (Å²) in [5.41, 5.74) is 7.82. The minimum Gasteiger partial charge on any atom is -0.300 e. The van der Waals surface area contributed by atoms with E-state index in [1.807, 2.05) is 36.4 Å². The van der Waals surface area contributed by atoms with E-state index >= 15 is 0 Å². The molecular weight excluding hydrogens is 403 g/mol. The number of rotatable bonds is 3. The van der Waals surface area contributed by atoms with Crippen molar-refractivity contribution in [1.29, 1.82) is 0 Å². The average Bonchev–Trinajstić information content (AvgIpc) is 2.35. The normalized spacial score (nSPS) is 10.2. The number of hydrogen-bond acceptors (Lipinski definition) is 2. The maximum Gasteiger partial charge on any atom is 0.0697 e.